The molecule has 21 heavy (non-hydrogen) atoms. The van der Waals surface area contributed by atoms with Crippen LogP contribution in [0.4, 0.5) is 0 Å². The van der Waals surface area contributed by atoms with Gasteiger partial charge in [0.1, 0.15) is 5.54 Å². The van der Waals surface area contributed by atoms with E-state index in [4.69, 9.17) is 5.73 Å². The monoisotopic (exact) mass is 312 g/mol. The fourth-order valence-corrected chi connectivity index (χ4v) is 3.52. The fraction of sp³-hybridized carbons (Fsp3) is 0.385. The van der Waals surface area contributed by atoms with Crippen LogP contribution in [0.5, 0.6) is 0 Å². The summed E-state index contributed by atoms with van der Waals surface area (Å²) in [5, 5.41) is 9.28. The number of carboxylic acid groups (broad SMARTS) is 1. The molecule has 1 aromatic carbocycles. The molecule has 0 spiro atoms. The topological polar surface area (TPSA) is 127 Å². The molecule has 4 N–H and O–H groups in total. The Balaban J connectivity index is 2.29. The smallest absolute Gasteiger partial charge is 0.324 e. The van der Waals surface area contributed by atoms with Gasteiger partial charge in [0.15, 0.2) is 0 Å². The number of sulfonamides is 1. The van der Waals surface area contributed by atoms with Crippen molar-refractivity contribution in [2.45, 2.75) is 30.2 Å². The molecule has 0 radical (unpaired) electrons. The Kier molecular flexibility index (Phi) is 3.77. The standard InChI is InChI=1S/C13H16N2O5S/c1-13(12(17)18,9-4-5-9)15-21(19,20)10-6-2-8(3-7-10)11(14)16/h2-3,6-7,9,15H,4-5H2,1H3,(H2,14,16)(H,17,18). The summed E-state index contributed by atoms with van der Waals surface area (Å²) in [5.41, 5.74) is 3.73. The molecular weight excluding hydrogens is 296 g/mol. The van der Waals surface area contributed by atoms with Crippen LogP contribution >= 0.6 is 0 Å². The van der Waals surface area contributed by atoms with Crippen molar-refractivity contribution in [2.24, 2.45) is 11.7 Å². The van der Waals surface area contributed by atoms with E-state index in [0.29, 0.717) is 12.8 Å². The minimum Gasteiger partial charge on any atom is -0.480 e. The van der Waals surface area contributed by atoms with E-state index < -0.39 is 27.4 Å². The molecule has 1 amide bonds. The van der Waals surface area contributed by atoms with E-state index in [1.807, 2.05) is 0 Å². The molecule has 114 valence electrons. The molecule has 1 atom stereocenters. The summed E-state index contributed by atoms with van der Waals surface area (Å²) >= 11 is 0. The van der Waals surface area contributed by atoms with Gasteiger partial charge in [-0.25, -0.2) is 8.42 Å². The van der Waals surface area contributed by atoms with Crippen LogP contribution in [-0.4, -0.2) is 30.9 Å². The molecule has 1 saturated carbocycles. The van der Waals surface area contributed by atoms with E-state index in [9.17, 15) is 23.1 Å². The largest absolute Gasteiger partial charge is 0.480 e. The van der Waals surface area contributed by atoms with Crippen molar-refractivity contribution in [2.75, 3.05) is 0 Å². The number of amides is 1. The predicted octanol–water partition coefficient (Wildman–Crippen LogP) is 0.317. The predicted molar refractivity (Wildman–Crippen MR) is 74.0 cm³/mol. The van der Waals surface area contributed by atoms with Gasteiger partial charge < -0.3 is 10.8 Å². The number of aliphatic carboxylic acids is 1. The molecule has 0 heterocycles. The van der Waals surface area contributed by atoms with Crippen LogP contribution in [-0.2, 0) is 14.8 Å². The Morgan fingerprint density at radius 2 is 1.81 bits per heavy atom. The third-order valence-corrected chi connectivity index (χ3v) is 5.22. The first-order valence-electron chi connectivity index (χ1n) is 6.34. The average Bonchev–Trinajstić information content (AvgIpc) is 3.22. The number of benzene rings is 1. The molecule has 7 nitrogen and oxygen atoms in total. The Hall–Kier alpha value is -1.93. The number of nitrogens with two attached hydrogens (primary N) is 1. The van der Waals surface area contributed by atoms with Crippen LogP contribution < -0.4 is 10.5 Å². The molecule has 1 unspecified atom stereocenters. The maximum absolute atomic E-state index is 12.3. The van der Waals surface area contributed by atoms with Gasteiger partial charge in [-0.15, -0.1) is 0 Å². The van der Waals surface area contributed by atoms with Gasteiger partial charge in [-0.2, -0.15) is 4.72 Å². The lowest BCUT2D eigenvalue weighted by Gasteiger charge is -2.25. The van der Waals surface area contributed by atoms with Crippen molar-refractivity contribution in [3.05, 3.63) is 29.8 Å². The Morgan fingerprint density at radius 1 is 1.29 bits per heavy atom. The van der Waals surface area contributed by atoms with E-state index >= 15 is 0 Å². The average molecular weight is 312 g/mol. The number of nitrogens with one attached hydrogen (secondary N) is 1. The third kappa shape index (κ3) is 3.06. The molecule has 0 saturated heterocycles. The zero-order chi connectivity index (χ0) is 15.8. The van der Waals surface area contributed by atoms with Crippen molar-refractivity contribution in [3.8, 4) is 0 Å². The van der Waals surface area contributed by atoms with Gasteiger partial charge in [0, 0.05) is 5.56 Å². The van der Waals surface area contributed by atoms with Crippen LogP contribution in [0, 0.1) is 5.92 Å². The minimum absolute atomic E-state index is 0.111. The number of carboxylic acids is 1. The first-order chi connectivity index (χ1) is 9.67. The second kappa shape index (κ2) is 5.12. The van der Waals surface area contributed by atoms with E-state index in [1.54, 1.807) is 0 Å². The molecule has 1 fully saturated rings. The van der Waals surface area contributed by atoms with E-state index in [2.05, 4.69) is 4.72 Å². The van der Waals surface area contributed by atoms with Crippen molar-refractivity contribution < 1.29 is 23.1 Å². The van der Waals surface area contributed by atoms with Gasteiger partial charge in [-0.3, -0.25) is 9.59 Å². The number of carbonyl (C=O) groups excluding carboxylic acids is 1. The van der Waals surface area contributed by atoms with Gasteiger partial charge in [0.05, 0.1) is 4.90 Å². The summed E-state index contributed by atoms with van der Waals surface area (Å²) < 4.78 is 26.8. The first kappa shape index (κ1) is 15.5. The van der Waals surface area contributed by atoms with Gasteiger partial charge in [0.2, 0.25) is 15.9 Å². The first-order valence-corrected chi connectivity index (χ1v) is 7.82. The second-order valence-electron chi connectivity index (χ2n) is 5.28. The minimum atomic E-state index is -3.99. The highest BCUT2D eigenvalue weighted by Gasteiger charge is 2.50. The van der Waals surface area contributed by atoms with Gasteiger partial charge >= 0.3 is 5.97 Å². The lowest BCUT2D eigenvalue weighted by molar-refractivity contribution is -0.144. The number of hydrogen-bond acceptors (Lipinski definition) is 4. The molecule has 2 rings (SSSR count). The molecule has 0 bridgehead atoms. The SMILES string of the molecule is CC(NS(=O)(=O)c1ccc(C(N)=O)cc1)(C(=O)O)C1CC1. The number of carbonyl (C=O) groups is 2. The molecule has 1 aliphatic rings. The van der Waals surface area contributed by atoms with E-state index in [1.165, 1.54) is 31.2 Å². The zero-order valence-corrected chi connectivity index (χ0v) is 12.2. The van der Waals surface area contributed by atoms with Crippen LogP contribution in [0.1, 0.15) is 30.1 Å². The van der Waals surface area contributed by atoms with Crippen molar-refractivity contribution in [3.63, 3.8) is 0 Å². The molecule has 8 heteroatoms. The van der Waals surface area contributed by atoms with Crippen molar-refractivity contribution >= 4 is 21.9 Å². The number of primary amides is 1. The lowest BCUT2D eigenvalue weighted by Crippen LogP contribution is -2.53. The van der Waals surface area contributed by atoms with E-state index in [0.717, 1.165) is 0 Å². The fourth-order valence-electron chi connectivity index (χ4n) is 2.10. The van der Waals surface area contributed by atoms with Crippen LogP contribution in [0.2, 0.25) is 0 Å². The molecule has 1 aromatic rings. The molecule has 0 aliphatic heterocycles. The summed E-state index contributed by atoms with van der Waals surface area (Å²) in [5.74, 6) is -2.09. The van der Waals surface area contributed by atoms with Crippen LogP contribution in [0.3, 0.4) is 0 Å². The van der Waals surface area contributed by atoms with E-state index in [-0.39, 0.29) is 16.4 Å². The summed E-state index contributed by atoms with van der Waals surface area (Å²) in [6.45, 7) is 1.36. The highest BCUT2D eigenvalue weighted by atomic mass is 32.2. The summed E-state index contributed by atoms with van der Waals surface area (Å²) in [7, 11) is -3.99. The maximum Gasteiger partial charge on any atom is 0.324 e. The number of hydrogen-bond donors (Lipinski definition) is 3. The van der Waals surface area contributed by atoms with Crippen LogP contribution in [0.25, 0.3) is 0 Å². The second-order valence-corrected chi connectivity index (χ2v) is 6.96. The highest BCUT2D eigenvalue weighted by Crippen LogP contribution is 2.40. The Morgan fingerprint density at radius 3 is 2.19 bits per heavy atom. The molecule has 0 aromatic heterocycles. The van der Waals surface area contributed by atoms with Gasteiger partial charge in [-0.05, 0) is 49.9 Å². The quantitative estimate of drug-likeness (QED) is 0.697. The molecule has 1 aliphatic carbocycles. The van der Waals surface area contributed by atoms with Crippen molar-refractivity contribution in [1.82, 2.24) is 4.72 Å². The summed E-state index contributed by atoms with van der Waals surface area (Å²) in [4.78, 5) is 22.2. The lowest BCUT2D eigenvalue weighted by atomic mass is 9.98. The summed E-state index contributed by atoms with van der Waals surface area (Å²) in [6, 6.07) is 5.01. The third-order valence-electron chi connectivity index (χ3n) is 3.63. The Bertz CT molecular complexity index is 679. The maximum atomic E-state index is 12.3. The van der Waals surface area contributed by atoms with Gasteiger partial charge in [0.25, 0.3) is 0 Å². The normalized spacial score (nSPS) is 18.0. The highest BCUT2D eigenvalue weighted by molar-refractivity contribution is 7.89. The van der Waals surface area contributed by atoms with Gasteiger partial charge in [-0.1, -0.05) is 0 Å². The number of rotatable bonds is 6. The van der Waals surface area contributed by atoms with Crippen molar-refractivity contribution in [1.29, 1.82) is 0 Å². The zero-order valence-electron chi connectivity index (χ0n) is 11.4. The van der Waals surface area contributed by atoms with Crippen LogP contribution in [0.15, 0.2) is 29.2 Å². The summed E-state index contributed by atoms with van der Waals surface area (Å²) in [6.07, 6.45) is 1.35. The Labute approximate surface area is 122 Å². The molecular formula is C13H16N2O5S.